The summed E-state index contributed by atoms with van der Waals surface area (Å²) in [4.78, 5) is 0. The van der Waals surface area contributed by atoms with Crippen molar-refractivity contribution in [2.75, 3.05) is 0 Å². The Hall–Kier alpha value is -5.44. The molecule has 0 saturated heterocycles. The Morgan fingerprint density at radius 3 is 1.70 bits per heavy atom. The molecule has 10 aromatic rings. The molecule has 0 aliphatic rings. The van der Waals surface area contributed by atoms with Crippen LogP contribution >= 0.6 is 11.3 Å². The highest BCUT2D eigenvalue weighted by Gasteiger charge is 2.24. The Labute approximate surface area is 257 Å². The molecule has 0 atom stereocenters. The number of rotatable bonds is 2. The number of aromatic nitrogens is 1. The lowest BCUT2D eigenvalue weighted by Crippen LogP contribution is -1.95. The molecule has 0 amide bonds. The summed E-state index contributed by atoms with van der Waals surface area (Å²) in [6, 6.07) is 55.6. The Morgan fingerprint density at radius 2 is 0.955 bits per heavy atom. The van der Waals surface area contributed by atoms with E-state index < -0.39 is 0 Å². The first-order valence-corrected chi connectivity index (χ1v) is 15.9. The average molecular weight is 576 g/mol. The van der Waals surface area contributed by atoms with Crippen molar-refractivity contribution in [3.8, 4) is 16.8 Å². The molecule has 0 aliphatic carbocycles. The number of para-hydroxylation sites is 1. The molecule has 0 N–H and O–H groups in total. The van der Waals surface area contributed by atoms with Gasteiger partial charge in [0, 0.05) is 42.7 Å². The van der Waals surface area contributed by atoms with Crippen LogP contribution in [0.4, 0.5) is 0 Å². The summed E-state index contributed by atoms with van der Waals surface area (Å²) >= 11 is 1.92. The summed E-state index contributed by atoms with van der Waals surface area (Å²) in [6.07, 6.45) is 0. The summed E-state index contributed by atoms with van der Waals surface area (Å²) in [5.74, 6) is 0. The van der Waals surface area contributed by atoms with Gasteiger partial charge < -0.3 is 4.57 Å². The van der Waals surface area contributed by atoms with Gasteiger partial charge in [0.1, 0.15) is 0 Å². The van der Waals surface area contributed by atoms with E-state index in [1.807, 2.05) is 11.3 Å². The van der Waals surface area contributed by atoms with Gasteiger partial charge in [-0.1, -0.05) is 127 Å². The zero-order chi connectivity index (χ0) is 28.8. The van der Waals surface area contributed by atoms with Crippen molar-refractivity contribution in [2.45, 2.75) is 0 Å². The van der Waals surface area contributed by atoms with Gasteiger partial charge in [-0.15, -0.1) is 11.3 Å². The fourth-order valence-corrected chi connectivity index (χ4v) is 8.80. The minimum Gasteiger partial charge on any atom is -0.308 e. The number of benzene rings is 8. The number of hydrogen-bond donors (Lipinski definition) is 0. The first-order valence-electron chi connectivity index (χ1n) is 15.1. The maximum atomic E-state index is 2.53. The third kappa shape index (κ3) is 3.18. The Morgan fingerprint density at radius 1 is 0.386 bits per heavy atom. The first-order chi connectivity index (χ1) is 21.9. The number of fused-ring (bicyclic) bond motifs is 15. The van der Waals surface area contributed by atoms with Crippen LogP contribution in [-0.2, 0) is 0 Å². The fourth-order valence-electron chi connectivity index (χ4n) is 7.55. The normalized spacial score (nSPS) is 12.1. The van der Waals surface area contributed by atoms with Crippen molar-refractivity contribution in [3.63, 3.8) is 0 Å². The van der Waals surface area contributed by atoms with E-state index in [1.54, 1.807) is 0 Å². The van der Waals surface area contributed by atoms with Gasteiger partial charge in [0.2, 0.25) is 0 Å². The van der Waals surface area contributed by atoms with Crippen LogP contribution in [-0.4, -0.2) is 4.57 Å². The molecular weight excluding hydrogens is 551 g/mol. The van der Waals surface area contributed by atoms with E-state index in [0.29, 0.717) is 0 Å². The Kier molecular flexibility index (Phi) is 4.94. The molecule has 0 unspecified atom stereocenters. The van der Waals surface area contributed by atoms with Crippen molar-refractivity contribution in [1.82, 2.24) is 4.57 Å². The molecule has 1 nitrogen and oxygen atoms in total. The van der Waals surface area contributed by atoms with E-state index in [4.69, 9.17) is 0 Å². The quantitative estimate of drug-likeness (QED) is 0.181. The second-order valence-electron chi connectivity index (χ2n) is 11.6. The summed E-state index contributed by atoms with van der Waals surface area (Å²) < 4.78 is 5.19. The molecule has 8 aromatic carbocycles. The third-order valence-corrected chi connectivity index (χ3v) is 10.5. The standard InChI is InChI=1S/C42H25NS/c1-2-13-26(14-3-1)27-15-12-16-28(25-27)43-35-23-10-8-21-33(35)39-37-31-19-6-4-17-29(31)30-18-5-7-20-32(30)38(37)40-34-22-9-11-24-36(34)44-42(40)41(39)43/h1-25H. The lowest BCUT2D eigenvalue weighted by atomic mass is 9.89. The van der Waals surface area contributed by atoms with E-state index >= 15 is 0 Å². The number of thiophene rings is 1. The zero-order valence-corrected chi connectivity index (χ0v) is 24.6. The molecule has 0 bridgehead atoms. The van der Waals surface area contributed by atoms with Crippen molar-refractivity contribution in [1.29, 1.82) is 0 Å². The summed E-state index contributed by atoms with van der Waals surface area (Å²) in [7, 11) is 0. The molecule has 204 valence electrons. The van der Waals surface area contributed by atoms with Crippen LogP contribution in [0, 0.1) is 0 Å². The van der Waals surface area contributed by atoms with E-state index in [0.717, 1.165) is 0 Å². The fraction of sp³-hybridized carbons (Fsp3) is 0. The zero-order valence-electron chi connectivity index (χ0n) is 23.8. The van der Waals surface area contributed by atoms with E-state index in [9.17, 15) is 0 Å². The molecule has 0 radical (unpaired) electrons. The summed E-state index contributed by atoms with van der Waals surface area (Å²) in [5, 5.41) is 13.3. The van der Waals surface area contributed by atoms with Crippen LogP contribution in [0.15, 0.2) is 152 Å². The number of nitrogens with zero attached hydrogens (tertiary/aromatic N) is 1. The van der Waals surface area contributed by atoms with Gasteiger partial charge in [-0.25, -0.2) is 0 Å². The highest BCUT2D eigenvalue weighted by Crippen LogP contribution is 2.51. The minimum atomic E-state index is 1.18. The lowest BCUT2D eigenvalue weighted by molar-refractivity contribution is 1.19. The van der Waals surface area contributed by atoms with Crippen LogP contribution in [0.5, 0.6) is 0 Å². The smallest absolute Gasteiger partial charge is 0.0726 e. The lowest BCUT2D eigenvalue weighted by Gasteiger charge is -2.15. The molecular formula is C42H25NS. The predicted molar refractivity (Wildman–Crippen MR) is 192 cm³/mol. The second kappa shape index (κ2) is 9.03. The maximum Gasteiger partial charge on any atom is 0.0726 e. The predicted octanol–water partition coefficient (Wildman–Crippen LogP) is 12.3. The van der Waals surface area contributed by atoms with Gasteiger partial charge in [0.15, 0.2) is 0 Å². The Balaban J connectivity index is 1.53. The van der Waals surface area contributed by atoms with Gasteiger partial charge in [-0.05, 0) is 56.9 Å². The summed E-state index contributed by atoms with van der Waals surface area (Å²) in [5.41, 5.74) is 6.15. The monoisotopic (exact) mass is 575 g/mol. The topological polar surface area (TPSA) is 4.93 Å². The SMILES string of the molecule is c1ccc(-c2cccc(-n3c4ccccc4c4c5c6ccccc6c6ccccc6c5c5c6ccccc6sc5c43)c2)cc1. The van der Waals surface area contributed by atoms with Gasteiger partial charge in [-0.3, -0.25) is 0 Å². The largest absolute Gasteiger partial charge is 0.308 e. The van der Waals surface area contributed by atoms with Crippen LogP contribution < -0.4 is 0 Å². The van der Waals surface area contributed by atoms with E-state index in [2.05, 4.69) is 156 Å². The van der Waals surface area contributed by atoms with Crippen LogP contribution in [0.2, 0.25) is 0 Å². The summed E-state index contributed by atoms with van der Waals surface area (Å²) in [6.45, 7) is 0. The minimum absolute atomic E-state index is 1.18. The molecule has 0 saturated carbocycles. The van der Waals surface area contributed by atoms with Crippen molar-refractivity contribution in [2.24, 2.45) is 0 Å². The number of hydrogen-bond acceptors (Lipinski definition) is 1. The molecule has 2 heteroatoms. The van der Waals surface area contributed by atoms with Crippen LogP contribution in [0.1, 0.15) is 0 Å². The van der Waals surface area contributed by atoms with E-state index in [-0.39, 0.29) is 0 Å². The molecule has 0 spiro atoms. The van der Waals surface area contributed by atoms with Gasteiger partial charge in [-0.2, -0.15) is 0 Å². The van der Waals surface area contributed by atoms with Gasteiger partial charge in [0.05, 0.1) is 15.7 Å². The maximum absolute atomic E-state index is 2.53. The van der Waals surface area contributed by atoms with Crippen LogP contribution in [0.25, 0.3) is 91.1 Å². The van der Waals surface area contributed by atoms with Gasteiger partial charge in [0.25, 0.3) is 0 Å². The highest BCUT2D eigenvalue weighted by molar-refractivity contribution is 7.27. The van der Waals surface area contributed by atoms with Crippen molar-refractivity contribution < 1.29 is 0 Å². The van der Waals surface area contributed by atoms with Crippen molar-refractivity contribution in [3.05, 3.63) is 152 Å². The second-order valence-corrected chi connectivity index (χ2v) is 12.7. The molecule has 10 rings (SSSR count). The highest BCUT2D eigenvalue weighted by atomic mass is 32.1. The van der Waals surface area contributed by atoms with E-state index in [1.165, 1.54) is 91.1 Å². The molecule has 2 heterocycles. The average Bonchev–Trinajstić information content (AvgIpc) is 3.65. The van der Waals surface area contributed by atoms with Crippen LogP contribution in [0.3, 0.4) is 0 Å². The van der Waals surface area contributed by atoms with Crippen molar-refractivity contribution >= 4 is 85.6 Å². The first kappa shape index (κ1) is 24.0. The molecule has 44 heavy (non-hydrogen) atoms. The third-order valence-electron chi connectivity index (χ3n) is 9.33. The molecule has 0 fully saturated rings. The Bertz CT molecular complexity index is 2760. The van der Waals surface area contributed by atoms with Gasteiger partial charge >= 0.3 is 0 Å². The molecule has 2 aromatic heterocycles. The molecule has 0 aliphatic heterocycles.